The van der Waals surface area contributed by atoms with Gasteiger partial charge in [-0.2, -0.15) is 0 Å². The van der Waals surface area contributed by atoms with Gasteiger partial charge < -0.3 is 20.1 Å². The zero-order valence-electron chi connectivity index (χ0n) is 13.4. The summed E-state index contributed by atoms with van der Waals surface area (Å²) < 4.78 is 4.80. The van der Waals surface area contributed by atoms with Gasteiger partial charge in [-0.1, -0.05) is 12.1 Å². The van der Waals surface area contributed by atoms with Crippen molar-refractivity contribution in [1.82, 2.24) is 10.2 Å². The maximum Gasteiger partial charge on any atom is 0.409 e. The Morgan fingerprint density at radius 3 is 2.86 bits per heavy atom. The third kappa shape index (κ3) is 4.91. The summed E-state index contributed by atoms with van der Waals surface area (Å²) in [6, 6.07) is 8.09. The van der Waals surface area contributed by atoms with Crippen LogP contribution in [0.3, 0.4) is 0 Å². The molecule has 2 N–H and O–H groups in total. The molecule has 0 spiro atoms. The van der Waals surface area contributed by atoms with E-state index in [1.54, 1.807) is 17.0 Å². The van der Waals surface area contributed by atoms with Crippen LogP contribution in [0.2, 0.25) is 0 Å². The SMILES string of the molecule is COC(=O)N1CCC[C@H](N[C@H](C)CCc2ccc(O)cc2)C1. The molecule has 2 atom stereocenters. The van der Waals surface area contributed by atoms with E-state index < -0.39 is 0 Å². The number of benzene rings is 1. The van der Waals surface area contributed by atoms with Gasteiger partial charge in [-0.05, 0) is 50.3 Å². The zero-order valence-corrected chi connectivity index (χ0v) is 13.4. The van der Waals surface area contributed by atoms with Gasteiger partial charge >= 0.3 is 6.09 Å². The fourth-order valence-corrected chi connectivity index (χ4v) is 2.94. The average Bonchev–Trinajstić information content (AvgIpc) is 2.54. The Hall–Kier alpha value is -1.75. The Bertz CT molecular complexity index is 475. The molecule has 1 aromatic carbocycles. The summed E-state index contributed by atoms with van der Waals surface area (Å²) >= 11 is 0. The fourth-order valence-electron chi connectivity index (χ4n) is 2.94. The Labute approximate surface area is 132 Å². The summed E-state index contributed by atoms with van der Waals surface area (Å²) in [5.74, 6) is 0.306. The van der Waals surface area contributed by atoms with Crippen molar-refractivity contribution in [3.8, 4) is 5.75 Å². The van der Waals surface area contributed by atoms with Crippen LogP contribution in [0, 0.1) is 0 Å². The normalized spacial score (nSPS) is 19.7. The fraction of sp³-hybridized carbons (Fsp3) is 0.588. The van der Waals surface area contributed by atoms with E-state index in [0.29, 0.717) is 17.8 Å². The zero-order chi connectivity index (χ0) is 15.9. The molecule has 0 saturated carbocycles. The van der Waals surface area contributed by atoms with E-state index >= 15 is 0 Å². The number of piperidine rings is 1. The predicted molar refractivity (Wildman–Crippen MR) is 86.0 cm³/mol. The lowest BCUT2D eigenvalue weighted by molar-refractivity contribution is 0.106. The molecule has 0 bridgehead atoms. The number of aromatic hydroxyl groups is 1. The van der Waals surface area contributed by atoms with E-state index in [1.165, 1.54) is 12.7 Å². The number of carbonyl (C=O) groups is 1. The van der Waals surface area contributed by atoms with Crippen LogP contribution >= 0.6 is 0 Å². The maximum absolute atomic E-state index is 11.6. The third-order valence-corrected chi connectivity index (χ3v) is 4.18. The molecule has 1 heterocycles. The number of hydrogen-bond donors (Lipinski definition) is 2. The summed E-state index contributed by atoms with van der Waals surface area (Å²) in [5.41, 5.74) is 1.23. The standard InChI is InChI=1S/C17H26N2O3/c1-13(5-6-14-7-9-16(20)10-8-14)18-15-4-3-11-19(12-15)17(21)22-2/h7-10,13,15,18,20H,3-6,11-12H2,1-2H3/t13-,15+/m1/s1. The van der Waals surface area contributed by atoms with Crippen LogP contribution in [0.4, 0.5) is 4.79 Å². The molecule has 0 radical (unpaired) electrons. The second-order valence-corrected chi connectivity index (χ2v) is 6.03. The largest absolute Gasteiger partial charge is 0.508 e. The van der Waals surface area contributed by atoms with Gasteiger partial charge in [0.1, 0.15) is 5.75 Å². The van der Waals surface area contributed by atoms with Crippen LogP contribution in [0.15, 0.2) is 24.3 Å². The van der Waals surface area contributed by atoms with Gasteiger partial charge in [0.05, 0.1) is 7.11 Å². The van der Waals surface area contributed by atoms with Crippen LogP contribution < -0.4 is 5.32 Å². The molecule has 1 fully saturated rings. The first-order valence-electron chi connectivity index (χ1n) is 7.95. The topological polar surface area (TPSA) is 61.8 Å². The molecule has 5 heteroatoms. The molecule has 1 aliphatic rings. The van der Waals surface area contributed by atoms with Crippen LogP contribution in [0.25, 0.3) is 0 Å². The van der Waals surface area contributed by atoms with Crippen LogP contribution in [0.5, 0.6) is 5.75 Å². The first-order valence-corrected chi connectivity index (χ1v) is 7.95. The quantitative estimate of drug-likeness (QED) is 0.877. The Morgan fingerprint density at radius 1 is 1.45 bits per heavy atom. The van der Waals surface area contributed by atoms with Crippen LogP contribution in [-0.2, 0) is 11.2 Å². The minimum absolute atomic E-state index is 0.233. The lowest BCUT2D eigenvalue weighted by atomic mass is 10.0. The number of rotatable bonds is 5. The predicted octanol–water partition coefficient (Wildman–Crippen LogP) is 2.53. The summed E-state index contributed by atoms with van der Waals surface area (Å²) in [7, 11) is 1.43. The van der Waals surface area contributed by atoms with Gasteiger partial charge in [0.15, 0.2) is 0 Å². The van der Waals surface area contributed by atoms with E-state index in [0.717, 1.165) is 38.8 Å². The molecule has 0 aromatic heterocycles. The van der Waals surface area contributed by atoms with Gasteiger partial charge in [-0.15, -0.1) is 0 Å². The van der Waals surface area contributed by atoms with Crippen molar-refractivity contribution in [3.05, 3.63) is 29.8 Å². The maximum atomic E-state index is 11.6. The highest BCUT2D eigenvalue weighted by Crippen LogP contribution is 2.14. The molecule has 0 unspecified atom stereocenters. The molecule has 2 rings (SSSR count). The van der Waals surface area contributed by atoms with Crippen molar-refractivity contribution < 1.29 is 14.6 Å². The first-order chi connectivity index (χ1) is 10.6. The molecule has 22 heavy (non-hydrogen) atoms. The Balaban J connectivity index is 1.75. The lowest BCUT2D eigenvalue weighted by Crippen LogP contribution is -2.50. The summed E-state index contributed by atoms with van der Waals surface area (Å²) in [5, 5.41) is 12.9. The highest BCUT2D eigenvalue weighted by molar-refractivity contribution is 5.67. The smallest absolute Gasteiger partial charge is 0.409 e. The van der Waals surface area contributed by atoms with E-state index in [2.05, 4.69) is 12.2 Å². The molecule has 5 nitrogen and oxygen atoms in total. The van der Waals surface area contributed by atoms with Crippen LogP contribution in [0.1, 0.15) is 31.7 Å². The number of nitrogens with one attached hydrogen (secondary N) is 1. The molecule has 1 amide bonds. The molecule has 0 aliphatic carbocycles. The van der Waals surface area contributed by atoms with Crippen molar-refractivity contribution in [3.63, 3.8) is 0 Å². The van der Waals surface area contributed by atoms with Gasteiger partial charge in [0.2, 0.25) is 0 Å². The number of ether oxygens (including phenoxy) is 1. The van der Waals surface area contributed by atoms with Crippen molar-refractivity contribution in [2.75, 3.05) is 20.2 Å². The van der Waals surface area contributed by atoms with E-state index in [-0.39, 0.29) is 6.09 Å². The third-order valence-electron chi connectivity index (χ3n) is 4.18. The molecule has 1 saturated heterocycles. The number of hydrogen-bond acceptors (Lipinski definition) is 4. The van der Waals surface area contributed by atoms with Gasteiger partial charge in [-0.3, -0.25) is 0 Å². The number of amides is 1. The summed E-state index contributed by atoms with van der Waals surface area (Å²) in [4.78, 5) is 13.4. The monoisotopic (exact) mass is 306 g/mol. The van der Waals surface area contributed by atoms with Crippen LogP contribution in [-0.4, -0.2) is 48.4 Å². The number of phenolic OH excluding ortho intramolecular Hbond substituents is 1. The number of nitrogens with zero attached hydrogens (tertiary/aromatic N) is 1. The van der Waals surface area contributed by atoms with Gasteiger partial charge in [0.25, 0.3) is 0 Å². The molecular formula is C17H26N2O3. The first kappa shape index (κ1) is 16.6. The molecule has 122 valence electrons. The van der Waals surface area contributed by atoms with E-state index in [1.807, 2.05) is 12.1 Å². The summed E-state index contributed by atoms with van der Waals surface area (Å²) in [6.07, 6.45) is 3.87. The van der Waals surface area contributed by atoms with Gasteiger partial charge in [0, 0.05) is 25.2 Å². The highest BCUT2D eigenvalue weighted by atomic mass is 16.5. The van der Waals surface area contributed by atoms with Crippen molar-refractivity contribution in [2.45, 2.75) is 44.7 Å². The second kappa shape index (κ2) is 8.03. The van der Waals surface area contributed by atoms with E-state index in [4.69, 9.17) is 4.74 Å². The number of methoxy groups -OCH3 is 1. The average molecular weight is 306 g/mol. The number of carbonyl (C=O) groups excluding carboxylic acids is 1. The molecule has 1 aromatic rings. The number of likely N-dealkylation sites (tertiary alicyclic amines) is 1. The van der Waals surface area contributed by atoms with Crippen molar-refractivity contribution in [2.24, 2.45) is 0 Å². The molecular weight excluding hydrogens is 280 g/mol. The second-order valence-electron chi connectivity index (χ2n) is 6.03. The number of phenols is 1. The van der Waals surface area contributed by atoms with Crippen molar-refractivity contribution in [1.29, 1.82) is 0 Å². The Kier molecular flexibility index (Phi) is 6.07. The minimum Gasteiger partial charge on any atom is -0.508 e. The van der Waals surface area contributed by atoms with E-state index in [9.17, 15) is 9.90 Å². The lowest BCUT2D eigenvalue weighted by Gasteiger charge is -2.33. The Morgan fingerprint density at radius 2 is 2.18 bits per heavy atom. The summed E-state index contributed by atoms with van der Waals surface area (Å²) in [6.45, 7) is 3.68. The minimum atomic E-state index is -0.233. The highest BCUT2D eigenvalue weighted by Gasteiger charge is 2.24. The van der Waals surface area contributed by atoms with Crippen molar-refractivity contribution >= 4 is 6.09 Å². The molecule has 1 aliphatic heterocycles. The number of aryl methyl sites for hydroxylation is 1. The van der Waals surface area contributed by atoms with Gasteiger partial charge in [-0.25, -0.2) is 4.79 Å².